The summed E-state index contributed by atoms with van der Waals surface area (Å²) in [5.74, 6) is 1.51. The highest BCUT2D eigenvalue weighted by molar-refractivity contribution is 7.42. The monoisotopic (exact) mass is 290 g/mol. The van der Waals surface area contributed by atoms with Crippen LogP contribution in [0.2, 0.25) is 0 Å². The summed E-state index contributed by atoms with van der Waals surface area (Å²) >= 11 is 0. The molecule has 0 bridgehead atoms. The first-order chi connectivity index (χ1) is 9.88. The lowest BCUT2D eigenvalue weighted by Gasteiger charge is -2.17. The Morgan fingerprint density at radius 3 is 1.75 bits per heavy atom. The number of benzene rings is 2. The van der Waals surface area contributed by atoms with Gasteiger partial charge in [-0.3, -0.25) is 4.52 Å². The average Bonchev–Trinajstić information content (AvgIpc) is 2.49. The summed E-state index contributed by atoms with van der Waals surface area (Å²) in [4.78, 5) is 0. The number of para-hydroxylation sites is 2. The highest BCUT2D eigenvalue weighted by Gasteiger charge is 2.16. The third-order valence-electron chi connectivity index (χ3n) is 2.54. The van der Waals surface area contributed by atoms with Crippen LogP contribution in [0.1, 0.15) is 19.8 Å². The zero-order valence-electron chi connectivity index (χ0n) is 11.6. The van der Waals surface area contributed by atoms with Crippen LogP contribution in [0.4, 0.5) is 0 Å². The summed E-state index contributed by atoms with van der Waals surface area (Å²) in [5.41, 5.74) is 0. The predicted octanol–water partition coefficient (Wildman–Crippen LogP) is 5.19. The first-order valence-electron chi connectivity index (χ1n) is 6.77. The topological polar surface area (TPSA) is 27.7 Å². The fourth-order valence-electron chi connectivity index (χ4n) is 1.49. The second-order valence-electron chi connectivity index (χ2n) is 4.22. The molecule has 0 unspecified atom stereocenters. The smallest absolute Gasteiger partial charge is 0.418 e. The van der Waals surface area contributed by atoms with Crippen LogP contribution in [-0.4, -0.2) is 6.61 Å². The van der Waals surface area contributed by atoms with Gasteiger partial charge in [0.15, 0.2) is 0 Å². The van der Waals surface area contributed by atoms with E-state index in [1.807, 2.05) is 60.7 Å². The van der Waals surface area contributed by atoms with Gasteiger partial charge in [-0.15, -0.1) is 0 Å². The van der Waals surface area contributed by atoms with Crippen molar-refractivity contribution in [3.05, 3.63) is 60.7 Å². The molecular weight excluding hydrogens is 271 g/mol. The summed E-state index contributed by atoms with van der Waals surface area (Å²) in [6.07, 6.45) is 2.08. The van der Waals surface area contributed by atoms with Crippen LogP contribution in [0, 0.1) is 0 Å². The molecule has 0 aliphatic carbocycles. The van der Waals surface area contributed by atoms with Gasteiger partial charge < -0.3 is 9.05 Å². The third-order valence-corrected chi connectivity index (χ3v) is 3.65. The van der Waals surface area contributed by atoms with Crippen LogP contribution in [0.25, 0.3) is 0 Å². The molecule has 0 aromatic heterocycles. The average molecular weight is 290 g/mol. The molecule has 0 heterocycles. The van der Waals surface area contributed by atoms with Gasteiger partial charge in [-0.2, -0.15) is 0 Å². The summed E-state index contributed by atoms with van der Waals surface area (Å²) in [7, 11) is -1.42. The van der Waals surface area contributed by atoms with E-state index in [4.69, 9.17) is 13.6 Å². The first kappa shape index (κ1) is 14.8. The van der Waals surface area contributed by atoms with Crippen molar-refractivity contribution in [3.63, 3.8) is 0 Å². The zero-order valence-corrected chi connectivity index (χ0v) is 12.5. The fraction of sp³-hybridized carbons (Fsp3) is 0.250. The highest BCUT2D eigenvalue weighted by atomic mass is 31.2. The second-order valence-corrected chi connectivity index (χ2v) is 5.29. The molecule has 4 heteroatoms. The van der Waals surface area contributed by atoms with Gasteiger partial charge >= 0.3 is 8.60 Å². The summed E-state index contributed by atoms with van der Waals surface area (Å²) in [6.45, 7) is 2.77. The molecule has 0 saturated heterocycles. The van der Waals surface area contributed by atoms with Crippen LogP contribution in [-0.2, 0) is 4.52 Å². The van der Waals surface area contributed by atoms with E-state index in [0.29, 0.717) is 6.61 Å². The lowest BCUT2D eigenvalue weighted by Crippen LogP contribution is -2.01. The zero-order chi connectivity index (χ0) is 14.0. The molecule has 20 heavy (non-hydrogen) atoms. The maximum absolute atomic E-state index is 5.79. The quantitative estimate of drug-likeness (QED) is 0.494. The summed E-state index contributed by atoms with van der Waals surface area (Å²) < 4.78 is 17.3. The highest BCUT2D eigenvalue weighted by Crippen LogP contribution is 2.41. The van der Waals surface area contributed by atoms with E-state index in [-0.39, 0.29) is 0 Å². The van der Waals surface area contributed by atoms with Crippen molar-refractivity contribution >= 4 is 8.60 Å². The van der Waals surface area contributed by atoms with Crippen molar-refractivity contribution in [1.82, 2.24) is 0 Å². The summed E-state index contributed by atoms with van der Waals surface area (Å²) in [5, 5.41) is 0. The van der Waals surface area contributed by atoms with Gasteiger partial charge in [0.25, 0.3) is 0 Å². The van der Waals surface area contributed by atoms with Crippen molar-refractivity contribution in [2.75, 3.05) is 6.61 Å². The molecule has 0 radical (unpaired) electrons. The van der Waals surface area contributed by atoms with Crippen molar-refractivity contribution in [2.45, 2.75) is 19.8 Å². The Kier molecular flexibility index (Phi) is 6.36. The Morgan fingerprint density at radius 1 is 0.800 bits per heavy atom. The minimum atomic E-state index is -1.42. The minimum Gasteiger partial charge on any atom is -0.418 e. The molecule has 0 fully saturated rings. The van der Waals surface area contributed by atoms with Gasteiger partial charge in [0.2, 0.25) is 0 Å². The molecule has 0 atom stereocenters. The van der Waals surface area contributed by atoms with Gasteiger partial charge in [0.05, 0.1) is 6.61 Å². The van der Waals surface area contributed by atoms with E-state index in [1.54, 1.807) is 0 Å². The minimum absolute atomic E-state index is 0.641. The predicted molar refractivity (Wildman–Crippen MR) is 81.9 cm³/mol. The molecule has 2 aromatic carbocycles. The van der Waals surface area contributed by atoms with Gasteiger partial charge in [-0.25, -0.2) is 0 Å². The molecule has 0 amide bonds. The molecule has 106 valence electrons. The van der Waals surface area contributed by atoms with Crippen LogP contribution in [0.5, 0.6) is 11.5 Å². The van der Waals surface area contributed by atoms with Gasteiger partial charge in [-0.05, 0) is 30.7 Å². The molecular formula is C16H19O3P. The van der Waals surface area contributed by atoms with E-state index in [2.05, 4.69) is 6.92 Å². The maximum Gasteiger partial charge on any atom is 0.463 e. The number of unbranched alkanes of at least 4 members (excludes halogenated alkanes) is 1. The van der Waals surface area contributed by atoms with E-state index < -0.39 is 8.60 Å². The number of hydrogen-bond donors (Lipinski definition) is 0. The molecule has 0 saturated carbocycles. The molecule has 0 aliphatic heterocycles. The molecule has 2 rings (SSSR count). The van der Waals surface area contributed by atoms with Crippen molar-refractivity contribution in [3.8, 4) is 11.5 Å². The van der Waals surface area contributed by atoms with Crippen LogP contribution in [0.15, 0.2) is 60.7 Å². The van der Waals surface area contributed by atoms with Crippen molar-refractivity contribution in [2.24, 2.45) is 0 Å². The Balaban J connectivity index is 1.96. The molecule has 0 spiro atoms. The van der Waals surface area contributed by atoms with Crippen molar-refractivity contribution in [1.29, 1.82) is 0 Å². The van der Waals surface area contributed by atoms with E-state index in [1.165, 1.54) is 0 Å². The van der Waals surface area contributed by atoms with E-state index in [0.717, 1.165) is 24.3 Å². The van der Waals surface area contributed by atoms with Crippen LogP contribution in [0.3, 0.4) is 0 Å². The molecule has 3 nitrogen and oxygen atoms in total. The number of rotatable bonds is 8. The van der Waals surface area contributed by atoms with E-state index in [9.17, 15) is 0 Å². The first-order valence-corrected chi connectivity index (χ1v) is 7.87. The lowest BCUT2D eigenvalue weighted by atomic mass is 10.3. The van der Waals surface area contributed by atoms with Crippen LogP contribution < -0.4 is 9.05 Å². The second kappa shape index (κ2) is 8.57. The SMILES string of the molecule is CCCCOP(Oc1ccccc1)Oc1ccccc1. The molecule has 2 aromatic rings. The third kappa shape index (κ3) is 5.20. The van der Waals surface area contributed by atoms with Crippen molar-refractivity contribution < 1.29 is 13.6 Å². The standard InChI is InChI=1S/C16H19O3P/c1-2-3-14-17-20(18-15-10-6-4-7-11-15)19-16-12-8-5-9-13-16/h4-13H,2-3,14H2,1H3. The maximum atomic E-state index is 5.79. The Labute approximate surface area is 121 Å². The normalized spacial score (nSPS) is 10.5. The number of hydrogen-bond acceptors (Lipinski definition) is 3. The largest absolute Gasteiger partial charge is 0.463 e. The Bertz CT molecular complexity index is 434. The molecule has 0 aliphatic rings. The van der Waals surface area contributed by atoms with Gasteiger partial charge in [0.1, 0.15) is 11.5 Å². The fourth-order valence-corrected chi connectivity index (χ4v) is 2.50. The van der Waals surface area contributed by atoms with Gasteiger partial charge in [0, 0.05) is 0 Å². The lowest BCUT2D eigenvalue weighted by molar-refractivity contribution is 0.261. The Hall–Kier alpha value is -1.57. The van der Waals surface area contributed by atoms with Crippen LogP contribution >= 0.6 is 8.60 Å². The Morgan fingerprint density at radius 2 is 1.30 bits per heavy atom. The van der Waals surface area contributed by atoms with Gasteiger partial charge in [-0.1, -0.05) is 49.7 Å². The molecule has 0 N–H and O–H groups in total. The van der Waals surface area contributed by atoms with E-state index >= 15 is 0 Å². The summed E-state index contributed by atoms with van der Waals surface area (Å²) in [6, 6.07) is 19.2.